The average molecular weight is 296 g/mol. The van der Waals surface area contributed by atoms with Crippen LogP contribution >= 0.6 is 0 Å². The molecule has 0 aliphatic carbocycles. The second-order valence-corrected chi connectivity index (χ2v) is 7.27. The summed E-state index contributed by atoms with van der Waals surface area (Å²) in [6.07, 6.45) is 6.29. The normalized spacial score (nSPS) is 29.4. The van der Waals surface area contributed by atoms with Gasteiger partial charge in [-0.25, -0.2) is 0 Å². The fourth-order valence-electron chi connectivity index (χ4n) is 4.05. The fraction of sp³-hybridized carbons (Fsp3) is 1.00. The van der Waals surface area contributed by atoms with Crippen LogP contribution in [-0.4, -0.2) is 49.3 Å². The summed E-state index contributed by atoms with van der Waals surface area (Å²) < 4.78 is 5.54. The highest BCUT2D eigenvalue weighted by Crippen LogP contribution is 2.31. The Balaban J connectivity index is 2.04. The van der Waals surface area contributed by atoms with E-state index in [2.05, 4.69) is 37.9 Å². The Morgan fingerprint density at radius 1 is 1.19 bits per heavy atom. The molecule has 0 aromatic rings. The van der Waals surface area contributed by atoms with Gasteiger partial charge in [-0.3, -0.25) is 4.90 Å². The zero-order valence-corrected chi connectivity index (χ0v) is 14.7. The van der Waals surface area contributed by atoms with Gasteiger partial charge >= 0.3 is 0 Å². The molecule has 0 aromatic carbocycles. The molecule has 0 saturated carbocycles. The number of rotatable bonds is 6. The summed E-state index contributed by atoms with van der Waals surface area (Å²) in [4.78, 5) is 2.84. The van der Waals surface area contributed by atoms with E-state index in [1.165, 1.54) is 45.2 Å². The van der Waals surface area contributed by atoms with Crippen molar-refractivity contribution in [2.45, 2.75) is 71.4 Å². The second-order valence-electron chi connectivity index (χ2n) is 7.27. The van der Waals surface area contributed by atoms with Gasteiger partial charge in [0, 0.05) is 44.4 Å². The average Bonchev–Trinajstić information content (AvgIpc) is 2.55. The van der Waals surface area contributed by atoms with Crippen molar-refractivity contribution >= 4 is 0 Å². The predicted octanol–water partition coefficient (Wildman–Crippen LogP) is 3.29. The monoisotopic (exact) mass is 296 g/mol. The lowest BCUT2D eigenvalue weighted by Crippen LogP contribution is -2.66. The van der Waals surface area contributed by atoms with Gasteiger partial charge in [-0.05, 0) is 37.5 Å². The first kappa shape index (κ1) is 17.2. The molecule has 0 spiro atoms. The Morgan fingerprint density at radius 3 is 2.43 bits per heavy atom. The van der Waals surface area contributed by atoms with E-state index >= 15 is 0 Å². The minimum absolute atomic E-state index is 0.377. The third-order valence-electron chi connectivity index (χ3n) is 6.25. The molecule has 0 amide bonds. The Labute approximate surface area is 131 Å². The van der Waals surface area contributed by atoms with Crippen molar-refractivity contribution in [2.24, 2.45) is 11.8 Å². The van der Waals surface area contributed by atoms with Gasteiger partial charge in [0.1, 0.15) is 0 Å². The van der Waals surface area contributed by atoms with Crippen LogP contribution in [0, 0.1) is 11.8 Å². The van der Waals surface area contributed by atoms with Crippen molar-refractivity contribution in [2.75, 3.05) is 32.8 Å². The molecule has 2 aliphatic rings. The van der Waals surface area contributed by atoms with Gasteiger partial charge in [-0.1, -0.05) is 34.1 Å². The van der Waals surface area contributed by atoms with Crippen molar-refractivity contribution in [1.82, 2.24) is 10.2 Å². The summed E-state index contributed by atoms with van der Waals surface area (Å²) in [5.74, 6) is 1.61. The smallest absolute Gasteiger partial charge is 0.0469 e. The molecule has 3 heteroatoms. The SMILES string of the molecule is CCC(C)C1CN(CC2CCOCC2)C(CC)(CC)CN1. The van der Waals surface area contributed by atoms with Crippen LogP contribution in [-0.2, 0) is 4.74 Å². The Hall–Kier alpha value is -0.120. The van der Waals surface area contributed by atoms with Crippen LogP contribution in [0.4, 0.5) is 0 Å². The number of piperazine rings is 1. The van der Waals surface area contributed by atoms with Crippen molar-refractivity contribution in [1.29, 1.82) is 0 Å². The summed E-state index contributed by atoms with van der Waals surface area (Å²) >= 11 is 0. The lowest BCUT2D eigenvalue weighted by atomic mass is 9.83. The molecular formula is C18H36N2O. The molecule has 0 bridgehead atoms. The van der Waals surface area contributed by atoms with E-state index in [9.17, 15) is 0 Å². The summed E-state index contributed by atoms with van der Waals surface area (Å²) in [5, 5.41) is 3.86. The summed E-state index contributed by atoms with van der Waals surface area (Å²) in [5.41, 5.74) is 0.377. The summed E-state index contributed by atoms with van der Waals surface area (Å²) in [7, 11) is 0. The van der Waals surface area contributed by atoms with Crippen LogP contribution < -0.4 is 5.32 Å². The standard InChI is InChI=1S/C18H36N2O/c1-5-15(4)17-13-20(12-16-8-10-21-11-9-16)18(6-2,7-3)14-19-17/h15-17,19H,5-14H2,1-4H3. The van der Waals surface area contributed by atoms with Gasteiger partial charge < -0.3 is 10.1 Å². The lowest BCUT2D eigenvalue weighted by molar-refractivity contribution is -0.0129. The van der Waals surface area contributed by atoms with Gasteiger partial charge in [0.2, 0.25) is 0 Å². The van der Waals surface area contributed by atoms with Gasteiger partial charge in [-0.15, -0.1) is 0 Å². The molecule has 124 valence electrons. The topological polar surface area (TPSA) is 24.5 Å². The van der Waals surface area contributed by atoms with Crippen molar-refractivity contribution in [3.05, 3.63) is 0 Å². The molecule has 1 N–H and O–H groups in total. The van der Waals surface area contributed by atoms with Crippen LogP contribution in [0.1, 0.15) is 59.8 Å². The van der Waals surface area contributed by atoms with Crippen LogP contribution in [0.25, 0.3) is 0 Å². The van der Waals surface area contributed by atoms with E-state index in [-0.39, 0.29) is 0 Å². The van der Waals surface area contributed by atoms with E-state index in [0.29, 0.717) is 11.6 Å². The van der Waals surface area contributed by atoms with E-state index < -0.39 is 0 Å². The van der Waals surface area contributed by atoms with Gasteiger partial charge in [0.15, 0.2) is 0 Å². The largest absolute Gasteiger partial charge is 0.381 e. The highest BCUT2D eigenvalue weighted by molar-refractivity contribution is 4.99. The molecule has 0 aromatic heterocycles. The zero-order valence-electron chi connectivity index (χ0n) is 14.7. The summed E-state index contributed by atoms with van der Waals surface area (Å²) in [6, 6.07) is 0.668. The van der Waals surface area contributed by atoms with Gasteiger partial charge in [-0.2, -0.15) is 0 Å². The number of hydrogen-bond acceptors (Lipinski definition) is 3. The van der Waals surface area contributed by atoms with Crippen LogP contribution in [0.15, 0.2) is 0 Å². The van der Waals surface area contributed by atoms with E-state index in [4.69, 9.17) is 4.74 Å². The first-order valence-corrected chi connectivity index (χ1v) is 9.21. The third-order valence-corrected chi connectivity index (χ3v) is 6.25. The Bertz CT molecular complexity index is 296. The molecule has 3 nitrogen and oxygen atoms in total. The molecule has 2 unspecified atom stereocenters. The van der Waals surface area contributed by atoms with Crippen molar-refractivity contribution in [3.63, 3.8) is 0 Å². The minimum Gasteiger partial charge on any atom is -0.381 e. The Morgan fingerprint density at radius 2 is 1.86 bits per heavy atom. The maximum Gasteiger partial charge on any atom is 0.0469 e. The number of nitrogens with zero attached hydrogens (tertiary/aromatic N) is 1. The molecule has 2 atom stereocenters. The lowest BCUT2D eigenvalue weighted by Gasteiger charge is -2.52. The summed E-state index contributed by atoms with van der Waals surface area (Å²) in [6.45, 7) is 15.1. The molecular weight excluding hydrogens is 260 g/mol. The van der Waals surface area contributed by atoms with Crippen molar-refractivity contribution < 1.29 is 4.74 Å². The van der Waals surface area contributed by atoms with E-state index in [1.54, 1.807) is 0 Å². The zero-order chi connectivity index (χ0) is 15.3. The minimum atomic E-state index is 0.377. The van der Waals surface area contributed by atoms with Crippen LogP contribution in [0.5, 0.6) is 0 Å². The van der Waals surface area contributed by atoms with E-state index in [1.807, 2.05) is 0 Å². The maximum absolute atomic E-state index is 5.54. The number of hydrogen-bond donors (Lipinski definition) is 1. The molecule has 21 heavy (non-hydrogen) atoms. The molecule has 2 fully saturated rings. The molecule has 2 heterocycles. The first-order chi connectivity index (χ1) is 10.1. The van der Waals surface area contributed by atoms with Crippen molar-refractivity contribution in [3.8, 4) is 0 Å². The highest BCUT2D eigenvalue weighted by atomic mass is 16.5. The van der Waals surface area contributed by atoms with E-state index in [0.717, 1.165) is 31.6 Å². The second kappa shape index (κ2) is 7.94. The number of nitrogens with one attached hydrogen (secondary N) is 1. The maximum atomic E-state index is 5.54. The molecule has 2 rings (SSSR count). The Kier molecular flexibility index (Phi) is 6.51. The molecule has 2 saturated heterocycles. The third kappa shape index (κ3) is 4.00. The highest BCUT2D eigenvalue weighted by Gasteiger charge is 2.40. The quantitative estimate of drug-likeness (QED) is 0.814. The van der Waals surface area contributed by atoms with Gasteiger partial charge in [0.05, 0.1) is 0 Å². The molecule has 2 aliphatic heterocycles. The molecule has 0 radical (unpaired) electrons. The predicted molar refractivity (Wildman–Crippen MR) is 89.7 cm³/mol. The van der Waals surface area contributed by atoms with Crippen LogP contribution in [0.2, 0.25) is 0 Å². The van der Waals surface area contributed by atoms with Crippen LogP contribution in [0.3, 0.4) is 0 Å². The number of ether oxygens (including phenoxy) is 1. The fourth-order valence-corrected chi connectivity index (χ4v) is 4.05. The van der Waals surface area contributed by atoms with Gasteiger partial charge in [0.25, 0.3) is 0 Å². The first-order valence-electron chi connectivity index (χ1n) is 9.21.